The first-order valence-corrected chi connectivity index (χ1v) is 10.3. The predicted molar refractivity (Wildman–Crippen MR) is 111 cm³/mol. The van der Waals surface area contributed by atoms with Gasteiger partial charge in [0.25, 0.3) is 5.91 Å². The molecule has 2 heterocycles. The normalized spacial score (nSPS) is 13.8. The minimum atomic E-state index is -0.142. The standard InChI is InChI=1S/C21H24N4O2S/c1-3-28-21-19(15(2)11-18(24-21)25-7-9-27-10-8-25)20(26)23-14-17-6-4-5-16(12-17)13-22/h4-6,11-12H,3,7-10,14H2,1-2H3,(H,23,26). The molecule has 0 atom stereocenters. The van der Waals surface area contributed by atoms with Crippen LogP contribution in [0.1, 0.15) is 34.0 Å². The molecule has 1 amide bonds. The van der Waals surface area contributed by atoms with Gasteiger partial charge in [-0.2, -0.15) is 5.26 Å². The molecule has 0 spiro atoms. The summed E-state index contributed by atoms with van der Waals surface area (Å²) in [5.74, 6) is 1.59. The first-order chi connectivity index (χ1) is 13.6. The highest BCUT2D eigenvalue weighted by molar-refractivity contribution is 7.99. The maximum Gasteiger partial charge on any atom is 0.254 e. The molecule has 1 fully saturated rings. The zero-order valence-electron chi connectivity index (χ0n) is 16.2. The molecule has 1 saturated heterocycles. The molecule has 6 nitrogen and oxygen atoms in total. The number of carbonyl (C=O) groups excluding carboxylic acids is 1. The Kier molecular flexibility index (Phi) is 6.90. The Morgan fingerprint density at radius 3 is 2.86 bits per heavy atom. The molecule has 0 radical (unpaired) electrons. The van der Waals surface area contributed by atoms with Crippen molar-refractivity contribution in [1.82, 2.24) is 10.3 Å². The van der Waals surface area contributed by atoms with Crippen molar-refractivity contribution in [2.45, 2.75) is 25.4 Å². The van der Waals surface area contributed by atoms with Gasteiger partial charge < -0.3 is 15.0 Å². The van der Waals surface area contributed by atoms with Crippen molar-refractivity contribution in [3.8, 4) is 6.07 Å². The summed E-state index contributed by atoms with van der Waals surface area (Å²) < 4.78 is 5.42. The number of amides is 1. The molecule has 0 unspecified atom stereocenters. The topological polar surface area (TPSA) is 78.2 Å². The quantitative estimate of drug-likeness (QED) is 0.756. The zero-order chi connectivity index (χ0) is 19.9. The Labute approximate surface area is 169 Å². The lowest BCUT2D eigenvalue weighted by Gasteiger charge is -2.28. The fourth-order valence-electron chi connectivity index (χ4n) is 3.12. The number of aryl methyl sites for hydroxylation is 1. The third-order valence-electron chi connectivity index (χ3n) is 4.52. The summed E-state index contributed by atoms with van der Waals surface area (Å²) in [5.41, 5.74) is 3.02. The lowest BCUT2D eigenvalue weighted by Crippen LogP contribution is -2.37. The van der Waals surface area contributed by atoms with E-state index in [2.05, 4.69) is 23.2 Å². The van der Waals surface area contributed by atoms with Crippen LogP contribution >= 0.6 is 11.8 Å². The monoisotopic (exact) mass is 396 g/mol. The molecule has 0 saturated carbocycles. The van der Waals surface area contributed by atoms with Crippen molar-refractivity contribution in [3.05, 3.63) is 52.6 Å². The average molecular weight is 397 g/mol. The van der Waals surface area contributed by atoms with Crippen LogP contribution in [0.4, 0.5) is 5.82 Å². The van der Waals surface area contributed by atoms with E-state index < -0.39 is 0 Å². The molecule has 2 aromatic rings. The number of nitriles is 1. The van der Waals surface area contributed by atoms with Crippen LogP contribution in [0.25, 0.3) is 0 Å². The summed E-state index contributed by atoms with van der Waals surface area (Å²) in [6.45, 7) is 7.39. The van der Waals surface area contributed by atoms with Gasteiger partial charge >= 0.3 is 0 Å². The molecule has 0 bridgehead atoms. The van der Waals surface area contributed by atoms with E-state index in [-0.39, 0.29) is 5.91 Å². The Morgan fingerprint density at radius 1 is 1.36 bits per heavy atom. The van der Waals surface area contributed by atoms with Crippen LogP contribution in [0.5, 0.6) is 0 Å². The smallest absolute Gasteiger partial charge is 0.254 e. The second kappa shape index (κ2) is 9.58. The number of aromatic nitrogens is 1. The SMILES string of the molecule is CCSc1nc(N2CCOCC2)cc(C)c1C(=O)NCc1cccc(C#N)c1. The van der Waals surface area contributed by atoms with Crippen molar-refractivity contribution in [3.63, 3.8) is 0 Å². The molecule has 7 heteroatoms. The Morgan fingerprint density at radius 2 is 2.14 bits per heavy atom. The van der Waals surface area contributed by atoms with E-state index >= 15 is 0 Å². The molecule has 28 heavy (non-hydrogen) atoms. The van der Waals surface area contributed by atoms with Crippen LogP contribution in [0, 0.1) is 18.3 Å². The van der Waals surface area contributed by atoms with Gasteiger partial charge in [0, 0.05) is 19.6 Å². The number of hydrogen-bond donors (Lipinski definition) is 1. The number of ether oxygens (including phenoxy) is 1. The summed E-state index contributed by atoms with van der Waals surface area (Å²) in [4.78, 5) is 19.9. The predicted octanol–water partition coefficient (Wildman–Crippen LogP) is 3.14. The minimum absolute atomic E-state index is 0.142. The van der Waals surface area contributed by atoms with Crippen LogP contribution in [0.2, 0.25) is 0 Å². The molecule has 1 N–H and O–H groups in total. The fraction of sp³-hybridized carbons (Fsp3) is 0.381. The maximum absolute atomic E-state index is 12.9. The van der Waals surface area contributed by atoms with Crippen LogP contribution in [-0.2, 0) is 11.3 Å². The Hall–Kier alpha value is -2.56. The van der Waals surface area contributed by atoms with Gasteiger partial charge in [0.2, 0.25) is 0 Å². The van der Waals surface area contributed by atoms with Crippen LogP contribution in [0.15, 0.2) is 35.4 Å². The number of rotatable bonds is 6. The molecule has 1 aliphatic rings. The summed E-state index contributed by atoms with van der Waals surface area (Å²) in [7, 11) is 0. The second-order valence-electron chi connectivity index (χ2n) is 6.50. The number of benzene rings is 1. The highest BCUT2D eigenvalue weighted by Crippen LogP contribution is 2.28. The maximum atomic E-state index is 12.9. The van der Waals surface area contributed by atoms with Crippen LogP contribution in [0.3, 0.4) is 0 Å². The average Bonchev–Trinajstić information content (AvgIpc) is 2.73. The Bertz CT molecular complexity index is 888. The fourth-order valence-corrected chi connectivity index (χ4v) is 3.95. The third-order valence-corrected chi connectivity index (χ3v) is 5.38. The number of anilines is 1. The zero-order valence-corrected chi connectivity index (χ0v) is 17.0. The lowest BCUT2D eigenvalue weighted by molar-refractivity contribution is 0.0946. The molecular formula is C21H24N4O2S. The van der Waals surface area contributed by atoms with Crippen molar-refractivity contribution in [2.75, 3.05) is 37.0 Å². The highest BCUT2D eigenvalue weighted by atomic mass is 32.2. The van der Waals surface area contributed by atoms with Crippen molar-refractivity contribution < 1.29 is 9.53 Å². The van der Waals surface area contributed by atoms with E-state index in [1.165, 1.54) is 0 Å². The lowest BCUT2D eigenvalue weighted by atomic mass is 10.1. The number of carbonyl (C=O) groups is 1. The summed E-state index contributed by atoms with van der Waals surface area (Å²) in [6.07, 6.45) is 0. The van der Waals surface area contributed by atoms with Gasteiger partial charge in [-0.25, -0.2) is 4.98 Å². The van der Waals surface area contributed by atoms with Crippen molar-refractivity contribution in [1.29, 1.82) is 5.26 Å². The molecule has 1 aromatic heterocycles. The van der Waals surface area contributed by atoms with Crippen LogP contribution < -0.4 is 10.2 Å². The number of morpholine rings is 1. The van der Waals surface area contributed by atoms with Gasteiger partial charge in [-0.1, -0.05) is 19.1 Å². The van der Waals surface area contributed by atoms with E-state index in [9.17, 15) is 4.79 Å². The molecular weight excluding hydrogens is 372 g/mol. The van der Waals surface area contributed by atoms with Gasteiger partial charge in [-0.15, -0.1) is 11.8 Å². The van der Waals surface area contributed by atoms with Crippen molar-refractivity contribution >= 4 is 23.5 Å². The molecule has 3 rings (SSSR count). The van der Waals surface area contributed by atoms with E-state index in [4.69, 9.17) is 15.0 Å². The summed E-state index contributed by atoms with van der Waals surface area (Å²) in [5, 5.41) is 12.7. The third kappa shape index (κ3) is 4.83. The van der Waals surface area contributed by atoms with E-state index in [0.29, 0.717) is 30.9 Å². The Balaban J connectivity index is 1.80. The van der Waals surface area contributed by atoms with E-state index in [1.807, 2.05) is 25.1 Å². The van der Waals surface area contributed by atoms with Gasteiger partial charge in [-0.05, 0) is 42.0 Å². The van der Waals surface area contributed by atoms with Gasteiger partial charge in [0.05, 0.1) is 30.4 Å². The van der Waals surface area contributed by atoms with Crippen molar-refractivity contribution in [2.24, 2.45) is 0 Å². The first-order valence-electron chi connectivity index (χ1n) is 9.36. The van der Waals surface area contributed by atoms with E-state index in [1.54, 1.807) is 23.9 Å². The number of pyridine rings is 1. The van der Waals surface area contributed by atoms with Gasteiger partial charge in [-0.3, -0.25) is 4.79 Å². The van der Waals surface area contributed by atoms with Gasteiger partial charge in [0.1, 0.15) is 10.8 Å². The summed E-state index contributed by atoms with van der Waals surface area (Å²) in [6, 6.07) is 11.4. The first kappa shape index (κ1) is 20.2. The van der Waals surface area contributed by atoms with E-state index in [0.717, 1.165) is 40.8 Å². The number of hydrogen-bond acceptors (Lipinski definition) is 6. The number of thioether (sulfide) groups is 1. The largest absolute Gasteiger partial charge is 0.378 e. The van der Waals surface area contributed by atoms with Gasteiger partial charge in [0.15, 0.2) is 0 Å². The molecule has 146 valence electrons. The second-order valence-corrected chi connectivity index (χ2v) is 7.76. The summed E-state index contributed by atoms with van der Waals surface area (Å²) >= 11 is 1.58. The molecule has 0 aliphatic carbocycles. The highest BCUT2D eigenvalue weighted by Gasteiger charge is 2.20. The number of nitrogens with zero attached hydrogens (tertiary/aromatic N) is 3. The molecule has 1 aromatic carbocycles. The van der Waals surface area contributed by atoms with Crippen LogP contribution in [-0.4, -0.2) is 42.9 Å². The number of nitrogens with one attached hydrogen (secondary N) is 1. The molecule has 1 aliphatic heterocycles. The minimum Gasteiger partial charge on any atom is -0.378 e.